The molecule has 4 rings (SSSR count). The quantitative estimate of drug-likeness (QED) is 0.425. The minimum absolute atomic E-state index is 0.165. The van der Waals surface area contributed by atoms with E-state index < -0.39 is 12.1 Å². The zero-order valence-corrected chi connectivity index (χ0v) is 15.6. The Labute approximate surface area is 166 Å². The van der Waals surface area contributed by atoms with Gasteiger partial charge in [-0.25, -0.2) is 9.18 Å². The first kappa shape index (κ1) is 18.6. The number of benzene rings is 3. The summed E-state index contributed by atoms with van der Waals surface area (Å²) >= 11 is 0. The predicted octanol–water partition coefficient (Wildman–Crippen LogP) is 5.46. The number of carbonyl (C=O) groups excluding carboxylic acids is 1. The summed E-state index contributed by atoms with van der Waals surface area (Å²) in [5.41, 5.74) is 3.09. The molecule has 3 aromatic carbocycles. The summed E-state index contributed by atoms with van der Waals surface area (Å²) in [6.45, 7) is 1.65. The first-order valence-corrected chi connectivity index (χ1v) is 9.06. The Bertz CT molecular complexity index is 1110. The van der Waals surface area contributed by atoms with Crippen molar-refractivity contribution >= 4 is 5.97 Å². The number of hydrogen-bond donors (Lipinski definition) is 0. The maximum absolute atomic E-state index is 13.0. The third-order valence-electron chi connectivity index (χ3n) is 4.39. The van der Waals surface area contributed by atoms with Gasteiger partial charge in [-0.3, -0.25) is 0 Å². The fourth-order valence-electron chi connectivity index (χ4n) is 2.82. The lowest BCUT2D eigenvalue weighted by molar-refractivity contribution is 0.0280. The van der Waals surface area contributed by atoms with Gasteiger partial charge in [-0.1, -0.05) is 42.5 Å². The predicted molar refractivity (Wildman–Crippen MR) is 105 cm³/mol. The fourth-order valence-corrected chi connectivity index (χ4v) is 2.82. The average Bonchev–Trinajstić information content (AvgIpc) is 3.25. The molecule has 0 saturated heterocycles. The summed E-state index contributed by atoms with van der Waals surface area (Å²) in [5.74, 6) is -0.443. The van der Waals surface area contributed by atoms with Crippen molar-refractivity contribution in [3.05, 3.63) is 96.1 Å². The van der Waals surface area contributed by atoms with Gasteiger partial charge < -0.3 is 9.15 Å². The molecular weight excluding hydrogens is 371 g/mol. The van der Waals surface area contributed by atoms with Crippen LogP contribution in [0.4, 0.5) is 4.39 Å². The summed E-state index contributed by atoms with van der Waals surface area (Å²) in [6, 6.07) is 22.8. The first-order chi connectivity index (χ1) is 14.1. The van der Waals surface area contributed by atoms with Crippen molar-refractivity contribution in [3.63, 3.8) is 0 Å². The highest BCUT2D eigenvalue weighted by atomic mass is 19.1. The molecule has 1 aromatic heterocycles. The topological polar surface area (TPSA) is 65.2 Å². The normalized spacial score (nSPS) is 11.8. The highest BCUT2D eigenvalue weighted by molar-refractivity contribution is 5.90. The second-order valence-corrected chi connectivity index (χ2v) is 6.44. The van der Waals surface area contributed by atoms with Crippen LogP contribution in [0.25, 0.3) is 22.6 Å². The van der Waals surface area contributed by atoms with E-state index in [1.165, 1.54) is 24.3 Å². The van der Waals surface area contributed by atoms with Gasteiger partial charge in [0.2, 0.25) is 5.89 Å². The summed E-state index contributed by atoms with van der Waals surface area (Å²) in [5, 5.41) is 7.86. The van der Waals surface area contributed by atoms with Gasteiger partial charge in [0.15, 0.2) is 6.10 Å². The zero-order valence-electron chi connectivity index (χ0n) is 15.6. The van der Waals surface area contributed by atoms with E-state index in [4.69, 9.17) is 9.15 Å². The molecular formula is C23H17FN2O3. The van der Waals surface area contributed by atoms with Gasteiger partial charge in [0.05, 0.1) is 5.56 Å². The molecule has 0 saturated carbocycles. The van der Waals surface area contributed by atoms with E-state index in [0.29, 0.717) is 11.1 Å². The lowest BCUT2D eigenvalue weighted by Gasteiger charge is -2.10. The molecule has 29 heavy (non-hydrogen) atoms. The second-order valence-electron chi connectivity index (χ2n) is 6.44. The van der Waals surface area contributed by atoms with Gasteiger partial charge >= 0.3 is 5.97 Å². The van der Waals surface area contributed by atoms with Crippen LogP contribution in [-0.4, -0.2) is 16.2 Å². The van der Waals surface area contributed by atoms with E-state index in [1.54, 1.807) is 19.1 Å². The van der Waals surface area contributed by atoms with Gasteiger partial charge in [-0.2, -0.15) is 0 Å². The first-order valence-electron chi connectivity index (χ1n) is 9.06. The maximum atomic E-state index is 13.0. The molecule has 0 aliphatic heterocycles. The molecule has 0 radical (unpaired) electrons. The molecule has 5 nitrogen and oxygen atoms in total. The summed E-state index contributed by atoms with van der Waals surface area (Å²) in [4.78, 5) is 12.4. The number of esters is 1. The van der Waals surface area contributed by atoms with Gasteiger partial charge in [0.1, 0.15) is 5.82 Å². The second kappa shape index (κ2) is 8.06. The molecule has 0 spiro atoms. The highest BCUT2D eigenvalue weighted by Gasteiger charge is 2.20. The van der Waals surface area contributed by atoms with Crippen molar-refractivity contribution in [1.29, 1.82) is 0 Å². The zero-order chi connectivity index (χ0) is 20.2. The van der Waals surface area contributed by atoms with Gasteiger partial charge in [-0.15, -0.1) is 10.2 Å². The minimum atomic E-state index is -0.724. The fraction of sp³-hybridized carbons (Fsp3) is 0.0870. The lowest BCUT2D eigenvalue weighted by Crippen LogP contribution is -2.09. The Morgan fingerprint density at radius 1 is 0.862 bits per heavy atom. The van der Waals surface area contributed by atoms with Crippen LogP contribution in [0.2, 0.25) is 0 Å². The third-order valence-corrected chi connectivity index (χ3v) is 4.39. The molecule has 0 unspecified atom stereocenters. The summed E-state index contributed by atoms with van der Waals surface area (Å²) in [7, 11) is 0. The maximum Gasteiger partial charge on any atom is 0.338 e. The Balaban J connectivity index is 1.44. The standard InChI is InChI=1S/C23H17FN2O3/c1-15(21-25-26-22(29-21)18-11-13-20(24)14-12-18)28-23(27)19-9-7-17(8-10-19)16-5-3-2-4-6-16/h2-15H,1H3/t15-/m1/s1. The van der Waals surface area contributed by atoms with Crippen molar-refractivity contribution < 1.29 is 18.3 Å². The molecule has 1 atom stereocenters. The van der Waals surface area contributed by atoms with Crippen LogP contribution >= 0.6 is 0 Å². The largest absolute Gasteiger partial charge is 0.449 e. The number of rotatable bonds is 5. The average molecular weight is 388 g/mol. The molecule has 0 N–H and O–H groups in total. The number of carbonyl (C=O) groups is 1. The summed E-state index contributed by atoms with van der Waals surface area (Å²) < 4.78 is 24.0. The summed E-state index contributed by atoms with van der Waals surface area (Å²) in [6.07, 6.45) is -0.724. The van der Waals surface area contributed by atoms with Gasteiger partial charge in [0.25, 0.3) is 5.89 Å². The SMILES string of the molecule is C[C@@H](OC(=O)c1ccc(-c2ccccc2)cc1)c1nnc(-c2ccc(F)cc2)o1. The van der Waals surface area contributed by atoms with Gasteiger partial charge in [0, 0.05) is 5.56 Å². The molecule has 0 aliphatic rings. The van der Waals surface area contributed by atoms with Gasteiger partial charge in [-0.05, 0) is 54.4 Å². The molecule has 6 heteroatoms. The Morgan fingerprint density at radius 3 is 2.17 bits per heavy atom. The molecule has 144 valence electrons. The molecule has 0 amide bonds. The van der Waals surface area contributed by atoms with Crippen molar-refractivity contribution in [2.45, 2.75) is 13.0 Å². The van der Waals surface area contributed by atoms with Crippen LogP contribution in [0, 0.1) is 5.82 Å². The molecule has 1 heterocycles. The van der Waals surface area contributed by atoms with E-state index >= 15 is 0 Å². The Hall–Kier alpha value is -3.80. The van der Waals surface area contributed by atoms with Crippen LogP contribution in [-0.2, 0) is 4.74 Å². The van der Waals surface area contributed by atoms with E-state index in [2.05, 4.69) is 10.2 Å². The molecule has 0 aliphatic carbocycles. The van der Waals surface area contributed by atoms with Crippen LogP contribution in [0.3, 0.4) is 0 Å². The van der Waals surface area contributed by atoms with E-state index in [1.807, 2.05) is 42.5 Å². The van der Waals surface area contributed by atoms with E-state index in [-0.39, 0.29) is 17.6 Å². The number of aromatic nitrogens is 2. The number of nitrogens with zero attached hydrogens (tertiary/aromatic N) is 2. The van der Waals surface area contributed by atoms with Crippen molar-refractivity contribution in [2.24, 2.45) is 0 Å². The molecule has 4 aromatic rings. The number of ether oxygens (including phenoxy) is 1. The van der Waals surface area contributed by atoms with Crippen LogP contribution in [0.5, 0.6) is 0 Å². The number of halogens is 1. The van der Waals surface area contributed by atoms with Crippen LogP contribution < -0.4 is 0 Å². The lowest BCUT2D eigenvalue weighted by atomic mass is 10.0. The minimum Gasteiger partial charge on any atom is -0.449 e. The van der Waals surface area contributed by atoms with Crippen LogP contribution in [0.1, 0.15) is 29.3 Å². The Kier molecular flexibility index (Phi) is 5.16. The molecule has 0 bridgehead atoms. The van der Waals surface area contributed by atoms with E-state index in [0.717, 1.165) is 11.1 Å². The Morgan fingerprint density at radius 2 is 1.48 bits per heavy atom. The number of hydrogen-bond acceptors (Lipinski definition) is 5. The highest BCUT2D eigenvalue weighted by Crippen LogP contribution is 2.24. The monoisotopic (exact) mass is 388 g/mol. The van der Waals surface area contributed by atoms with Crippen molar-refractivity contribution in [2.75, 3.05) is 0 Å². The van der Waals surface area contributed by atoms with Crippen molar-refractivity contribution in [1.82, 2.24) is 10.2 Å². The van der Waals surface area contributed by atoms with Crippen molar-refractivity contribution in [3.8, 4) is 22.6 Å². The van der Waals surface area contributed by atoms with Crippen LogP contribution in [0.15, 0.2) is 83.3 Å². The smallest absolute Gasteiger partial charge is 0.338 e. The van der Waals surface area contributed by atoms with E-state index in [9.17, 15) is 9.18 Å². The molecule has 0 fully saturated rings. The third kappa shape index (κ3) is 4.21.